The van der Waals surface area contributed by atoms with Crippen LogP contribution in [0.1, 0.15) is 54.2 Å². The second kappa shape index (κ2) is 10.2. The minimum absolute atomic E-state index is 0.00603. The molecule has 1 N–H and O–H groups in total. The van der Waals surface area contributed by atoms with Crippen LogP contribution >= 0.6 is 0 Å². The molecule has 1 saturated heterocycles. The van der Waals surface area contributed by atoms with Crippen molar-refractivity contribution < 1.29 is 27.5 Å². The average Bonchev–Trinajstić information content (AvgIpc) is 2.82. The molecular weight excluding hydrogens is 456 g/mol. The van der Waals surface area contributed by atoms with Gasteiger partial charge in [-0.25, -0.2) is 13.2 Å². The SMILES string of the molecule is CC1CN(S(=O)(=O)c2cccc(C(=O)OCC(=O)NC3CCCc4ccccc43)c2)CC(C)O1. The van der Waals surface area contributed by atoms with Gasteiger partial charge in [-0.2, -0.15) is 4.31 Å². The number of esters is 1. The van der Waals surface area contributed by atoms with E-state index in [1.807, 2.05) is 32.0 Å². The lowest BCUT2D eigenvalue weighted by molar-refractivity contribution is -0.125. The molecule has 1 aliphatic heterocycles. The summed E-state index contributed by atoms with van der Waals surface area (Å²) >= 11 is 0. The van der Waals surface area contributed by atoms with E-state index in [0.717, 1.165) is 24.8 Å². The molecule has 1 fully saturated rings. The molecule has 9 heteroatoms. The summed E-state index contributed by atoms with van der Waals surface area (Å²) in [6.07, 6.45) is 2.35. The number of nitrogens with zero attached hydrogens (tertiary/aromatic N) is 1. The molecule has 0 aromatic heterocycles. The van der Waals surface area contributed by atoms with Crippen LogP contribution < -0.4 is 5.32 Å². The smallest absolute Gasteiger partial charge is 0.338 e. The van der Waals surface area contributed by atoms with Gasteiger partial charge in [-0.05, 0) is 62.4 Å². The summed E-state index contributed by atoms with van der Waals surface area (Å²) in [5.74, 6) is -1.14. The maximum atomic E-state index is 13.1. The van der Waals surface area contributed by atoms with Crippen molar-refractivity contribution in [3.05, 3.63) is 65.2 Å². The molecule has 182 valence electrons. The molecular formula is C25H30N2O6S. The van der Waals surface area contributed by atoms with Crippen molar-refractivity contribution in [3.8, 4) is 0 Å². The van der Waals surface area contributed by atoms with E-state index in [4.69, 9.17) is 9.47 Å². The maximum Gasteiger partial charge on any atom is 0.338 e. The highest BCUT2D eigenvalue weighted by Gasteiger charge is 2.32. The van der Waals surface area contributed by atoms with E-state index in [9.17, 15) is 18.0 Å². The molecule has 1 aliphatic carbocycles. The molecule has 0 radical (unpaired) electrons. The van der Waals surface area contributed by atoms with E-state index in [1.165, 1.54) is 34.1 Å². The highest BCUT2D eigenvalue weighted by atomic mass is 32.2. The number of aryl methyl sites for hydroxylation is 1. The van der Waals surface area contributed by atoms with Gasteiger partial charge in [0.2, 0.25) is 10.0 Å². The predicted octanol–water partition coefficient (Wildman–Crippen LogP) is 2.84. The van der Waals surface area contributed by atoms with Gasteiger partial charge in [0.1, 0.15) is 0 Å². The molecule has 3 atom stereocenters. The topological polar surface area (TPSA) is 102 Å². The van der Waals surface area contributed by atoms with Crippen LogP contribution in [0.2, 0.25) is 0 Å². The first-order chi connectivity index (χ1) is 16.2. The third-order valence-electron chi connectivity index (χ3n) is 6.13. The van der Waals surface area contributed by atoms with Gasteiger partial charge in [0.15, 0.2) is 6.61 Å². The summed E-state index contributed by atoms with van der Waals surface area (Å²) in [7, 11) is -3.80. The van der Waals surface area contributed by atoms with Gasteiger partial charge in [-0.1, -0.05) is 30.3 Å². The van der Waals surface area contributed by atoms with E-state index in [1.54, 1.807) is 0 Å². The van der Waals surface area contributed by atoms with Gasteiger partial charge in [0.05, 0.1) is 28.7 Å². The first kappa shape index (κ1) is 24.4. The number of hydrogen-bond acceptors (Lipinski definition) is 6. The van der Waals surface area contributed by atoms with E-state index in [-0.39, 0.29) is 41.8 Å². The Morgan fingerprint density at radius 3 is 2.59 bits per heavy atom. The number of nitrogens with one attached hydrogen (secondary N) is 1. The Hall–Kier alpha value is -2.75. The molecule has 2 aromatic carbocycles. The normalized spacial score (nSPS) is 23.1. The number of fused-ring (bicyclic) bond motifs is 1. The minimum atomic E-state index is -3.80. The fraction of sp³-hybridized carbons (Fsp3) is 0.440. The highest BCUT2D eigenvalue weighted by molar-refractivity contribution is 7.89. The second-order valence-electron chi connectivity index (χ2n) is 8.89. The number of carbonyl (C=O) groups excluding carboxylic acids is 2. The average molecular weight is 487 g/mol. The minimum Gasteiger partial charge on any atom is -0.452 e. The number of ether oxygens (including phenoxy) is 2. The zero-order valence-corrected chi connectivity index (χ0v) is 20.2. The van der Waals surface area contributed by atoms with Gasteiger partial charge >= 0.3 is 5.97 Å². The van der Waals surface area contributed by atoms with E-state index >= 15 is 0 Å². The zero-order valence-electron chi connectivity index (χ0n) is 19.4. The molecule has 0 saturated carbocycles. The Morgan fingerprint density at radius 2 is 1.82 bits per heavy atom. The Balaban J connectivity index is 1.38. The van der Waals surface area contributed by atoms with Crippen molar-refractivity contribution in [2.24, 2.45) is 0 Å². The van der Waals surface area contributed by atoms with E-state index in [2.05, 4.69) is 11.4 Å². The second-order valence-corrected chi connectivity index (χ2v) is 10.8. The molecule has 8 nitrogen and oxygen atoms in total. The quantitative estimate of drug-likeness (QED) is 0.630. The summed E-state index contributed by atoms with van der Waals surface area (Å²) in [5.41, 5.74) is 2.39. The van der Waals surface area contributed by atoms with Crippen molar-refractivity contribution in [3.63, 3.8) is 0 Å². The van der Waals surface area contributed by atoms with Gasteiger partial charge in [-0.15, -0.1) is 0 Å². The molecule has 0 spiro atoms. The molecule has 2 aromatic rings. The summed E-state index contributed by atoms with van der Waals surface area (Å²) in [4.78, 5) is 25.0. The monoisotopic (exact) mass is 486 g/mol. The summed E-state index contributed by atoms with van der Waals surface area (Å²) < 4.78 is 38.4. The Bertz CT molecular complexity index is 1160. The first-order valence-corrected chi connectivity index (χ1v) is 13.0. The third kappa shape index (κ3) is 5.48. The lowest BCUT2D eigenvalue weighted by atomic mass is 9.88. The van der Waals surface area contributed by atoms with Crippen LogP contribution in [0.4, 0.5) is 0 Å². The van der Waals surface area contributed by atoms with Crippen LogP contribution in [0.25, 0.3) is 0 Å². The van der Waals surface area contributed by atoms with Crippen molar-refractivity contribution in [1.82, 2.24) is 9.62 Å². The molecule has 0 bridgehead atoms. The molecule has 2 aliphatic rings. The first-order valence-electron chi connectivity index (χ1n) is 11.5. The summed E-state index contributed by atoms with van der Waals surface area (Å²) in [5, 5.41) is 2.94. The lowest BCUT2D eigenvalue weighted by Gasteiger charge is -2.34. The third-order valence-corrected chi connectivity index (χ3v) is 7.96. The largest absolute Gasteiger partial charge is 0.452 e. The number of amides is 1. The van der Waals surface area contributed by atoms with Crippen LogP contribution in [-0.2, 0) is 30.7 Å². The maximum absolute atomic E-state index is 13.1. The van der Waals surface area contributed by atoms with Crippen LogP contribution in [0.5, 0.6) is 0 Å². The molecule has 3 unspecified atom stereocenters. The summed E-state index contributed by atoms with van der Waals surface area (Å²) in [6.45, 7) is 3.69. The Labute approximate surface area is 200 Å². The van der Waals surface area contributed by atoms with E-state index < -0.39 is 28.5 Å². The van der Waals surface area contributed by atoms with E-state index in [0.29, 0.717) is 0 Å². The number of carbonyl (C=O) groups is 2. The molecule has 1 amide bonds. The lowest BCUT2D eigenvalue weighted by Crippen LogP contribution is -2.48. The van der Waals surface area contributed by atoms with Gasteiger partial charge < -0.3 is 14.8 Å². The van der Waals surface area contributed by atoms with Crippen LogP contribution in [0.3, 0.4) is 0 Å². The van der Waals surface area contributed by atoms with Gasteiger partial charge in [0.25, 0.3) is 5.91 Å². The van der Waals surface area contributed by atoms with Crippen molar-refractivity contribution in [1.29, 1.82) is 0 Å². The van der Waals surface area contributed by atoms with Crippen molar-refractivity contribution >= 4 is 21.9 Å². The van der Waals surface area contributed by atoms with Crippen molar-refractivity contribution in [2.75, 3.05) is 19.7 Å². The van der Waals surface area contributed by atoms with Crippen molar-refractivity contribution in [2.45, 2.75) is 56.3 Å². The molecule has 1 heterocycles. The highest BCUT2D eigenvalue weighted by Crippen LogP contribution is 2.29. The Kier molecular flexibility index (Phi) is 7.35. The standard InChI is InChI=1S/C25H30N2O6S/c1-17-14-27(15-18(2)33-17)34(30,31)21-10-5-9-20(13-21)25(29)32-16-24(28)26-23-12-6-8-19-7-3-4-11-22(19)23/h3-5,7,9-11,13,17-18,23H,6,8,12,14-16H2,1-2H3,(H,26,28). The fourth-order valence-corrected chi connectivity index (χ4v) is 6.25. The number of hydrogen-bond donors (Lipinski definition) is 1. The number of rotatable bonds is 6. The van der Waals surface area contributed by atoms with Gasteiger partial charge in [-0.3, -0.25) is 4.79 Å². The summed E-state index contributed by atoms with van der Waals surface area (Å²) in [6, 6.07) is 13.6. The Morgan fingerprint density at radius 1 is 1.09 bits per heavy atom. The van der Waals surface area contributed by atoms with Crippen LogP contribution in [0.15, 0.2) is 53.4 Å². The zero-order chi connectivity index (χ0) is 24.3. The number of sulfonamides is 1. The number of morpholine rings is 1. The predicted molar refractivity (Wildman–Crippen MR) is 126 cm³/mol. The molecule has 34 heavy (non-hydrogen) atoms. The van der Waals surface area contributed by atoms with Crippen LogP contribution in [0, 0.1) is 0 Å². The molecule has 4 rings (SSSR count). The van der Waals surface area contributed by atoms with Gasteiger partial charge in [0, 0.05) is 13.1 Å². The number of benzene rings is 2. The van der Waals surface area contributed by atoms with Crippen LogP contribution in [-0.4, -0.2) is 56.5 Å². The fourth-order valence-electron chi connectivity index (χ4n) is 4.61.